The number of rotatable bonds is 9. The summed E-state index contributed by atoms with van der Waals surface area (Å²) in [5.74, 6) is 0.857. The van der Waals surface area contributed by atoms with Crippen molar-refractivity contribution in [1.29, 1.82) is 0 Å². The van der Waals surface area contributed by atoms with Gasteiger partial charge in [-0.15, -0.1) is 0 Å². The van der Waals surface area contributed by atoms with Gasteiger partial charge in [0, 0.05) is 33.8 Å². The number of nitrogens with zero attached hydrogens (tertiary/aromatic N) is 2. The summed E-state index contributed by atoms with van der Waals surface area (Å²) in [7, 11) is 5.65. The lowest BCUT2D eigenvalue weighted by atomic mass is 10.3. The molecule has 0 amide bonds. The van der Waals surface area contributed by atoms with Gasteiger partial charge in [-0.2, -0.15) is 11.3 Å². The molecule has 20 heavy (non-hydrogen) atoms. The molecule has 0 aromatic carbocycles. The van der Waals surface area contributed by atoms with Gasteiger partial charge in [-0.3, -0.25) is 4.99 Å². The topological polar surface area (TPSA) is 48.9 Å². The van der Waals surface area contributed by atoms with Crippen molar-refractivity contribution in [2.24, 2.45) is 4.99 Å². The van der Waals surface area contributed by atoms with Gasteiger partial charge in [0.1, 0.15) is 0 Å². The van der Waals surface area contributed by atoms with Gasteiger partial charge in [0.2, 0.25) is 0 Å². The predicted octanol–water partition coefficient (Wildman–Crippen LogP) is 1.38. The van der Waals surface area contributed by atoms with Crippen LogP contribution in [0.5, 0.6) is 0 Å². The van der Waals surface area contributed by atoms with Gasteiger partial charge in [0.15, 0.2) is 5.96 Å². The lowest BCUT2D eigenvalue weighted by molar-refractivity contribution is 0.161. The molecule has 0 radical (unpaired) electrons. The highest BCUT2D eigenvalue weighted by atomic mass is 32.1. The number of nitrogens with one attached hydrogen (secondary N) is 2. The molecule has 0 aliphatic rings. The molecule has 1 rings (SSSR count). The Hall–Kier alpha value is -1.11. The third-order valence-electron chi connectivity index (χ3n) is 2.95. The number of aliphatic imine (C=N–C) groups is 1. The van der Waals surface area contributed by atoms with E-state index in [1.54, 1.807) is 25.5 Å². The van der Waals surface area contributed by atoms with E-state index in [1.807, 2.05) is 0 Å². The Labute approximate surface area is 126 Å². The third-order valence-corrected chi connectivity index (χ3v) is 3.68. The summed E-state index contributed by atoms with van der Waals surface area (Å²) >= 11 is 1.71. The molecule has 1 aromatic heterocycles. The van der Waals surface area contributed by atoms with E-state index in [4.69, 9.17) is 4.74 Å². The van der Waals surface area contributed by atoms with Crippen molar-refractivity contribution in [3.8, 4) is 0 Å². The zero-order chi connectivity index (χ0) is 14.6. The molecule has 0 bridgehead atoms. The maximum absolute atomic E-state index is 5.06. The van der Waals surface area contributed by atoms with Gasteiger partial charge in [0.25, 0.3) is 0 Å². The highest BCUT2D eigenvalue weighted by Crippen LogP contribution is 2.04. The Morgan fingerprint density at radius 3 is 2.90 bits per heavy atom. The molecule has 0 aliphatic carbocycles. The maximum Gasteiger partial charge on any atom is 0.191 e. The number of guanidine groups is 1. The third kappa shape index (κ3) is 7.47. The van der Waals surface area contributed by atoms with E-state index >= 15 is 0 Å². The SMILES string of the molecule is CN=C(NCCCN(C)CCOC)NCc1ccsc1. The lowest BCUT2D eigenvalue weighted by Gasteiger charge is -2.16. The van der Waals surface area contributed by atoms with Crippen LogP contribution in [-0.2, 0) is 11.3 Å². The van der Waals surface area contributed by atoms with Crippen LogP contribution in [0.25, 0.3) is 0 Å². The van der Waals surface area contributed by atoms with E-state index in [2.05, 4.69) is 44.4 Å². The standard InChI is InChI=1S/C14H26N4OS/c1-15-14(17-11-13-5-10-20-12-13)16-6-4-7-18(2)8-9-19-3/h5,10,12H,4,6-9,11H2,1-3H3,(H2,15,16,17). The van der Waals surface area contributed by atoms with E-state index in [1.165, 1.54) is 5.56 Å². The quantitative estimate of drug-likeness (QED) is 0.411. The molecule has 0 fully saturated rings. The Morgan fingerprint density at radius 2 is 2.25 bits per heavy atom. The molecule has 1 aromatic rings. The van der Waals surface area contributed by atoms with E-state index in [0.717, 1.165) is 45.2 Å². The van der Waals surface area contributed by atoms with Gasteiger partial charge < -0.3 is 20.3 Å². The average Bonchev–Trinajstić information content (AvgIpc) is 2.97. The minimum atomic E-state index is 0.786. The van der Waals surface area contributed by atoms with Gasteiger partial charge in [0.05, 0.1) is 6.61 Å². The molecule has 114 valence electrons. The van der Waals surface area contributed by atoms with Crippen molar-refractivity contribution in [3.05, 3.63) is 22.4 Å². The molecule has 5 nitrogen and oxygen atoms in total. The molecule has 2 N–H and O–H groups in total. The fraction of sp³-hybridized carbons (Fsp3) is 0.643. The number of methoxy groups -OCH3 is 1. The van der Waals surface area contributed by atoms with E-state index in [-0.39, 0.29) is 0 Å². The first-order chi connectivity index (χ1) is 9.76. The van der Waals surface area contributed by atoms with Crippen molar-refractivity contribution in [2.45, 2.75) is 13.0 Å². The molecule has 0 saturated heterocycles. The Morgan fingerprint density at radius 1 is 1.40 bits per heavy atom. The van der Waals surface area contributed by atoms with Gasteiger partial charge in [-0.05, 0) is 42.4 Å². The second-order valence-corrected chi connectivity index (χ2v) is 5.41. The molecule has 0 saturated carbocycles. The van der Waals surface area contributed by atoms with Crippen molar-refractivity contribution in [3.63, 3.8) is 0 Å². The second kappa shape index (κ2) is 10.7. The van der Waals surface area contributed by atoms with E-state index < -0.39 is 0 Å². The second-order valence-electron chi connectivity index (χ2n) is 4.63. The van der Waals surface area contributed by atoms with E-state index in [0.29, 0.717) is 0 Å². The zero-order valence-electron chi connectivity index (χ0n) is 12.7. The van der Waals surface area contributed by atoms with Gasteiger partial charge in [-0.25, -0.2) is 0 Å². The van der Waals surface area contributed by atoms with Crippen molar-refractivity contribution in [2.75, 3.05) is 47.4 Å². The molecular weight excluding hydrogens is 272 g/mol. The predicted molar refractivity (Wildman–Crippen MR) is 86.5 cm³/mol. The number of ether oxygens (including phenoxy) is 1. The zero-order valence-corrected chi connectivity index (χ0v) is 13.5. The molecule has 0 spiro atoms. The van der Waals surface area contributed by atoms with Crippen molar-refractivity contribution >= 4 is 17.3 Å². The van der Waals surface area contributed by atoms with Crippen LogP contribution < -0.4 is 10.6 Å². The highest BCUT2D eigenvalue weighted by Gasteiger charge is 2.00. The fourth-order valence-electron chi connectivity index (χ4n) is 1.71. The normalized spacial score (nSPS) is 11.9. The van der Waals surface area contributed by atoms with Crippen LogP contribution in [0.3, 0.4) is 0 Å². The molecule has 0 unspecified atom stereocenters. The first-order valence-corrected chi connectivity index (χ1v) is 7.83. The van der Waals surface area contributed by atoms with Crippen LogP contribution in [0.4, 0.5) is 0 Å². The van der Waals surface area contributed by atoms with Crippen LogP contribution in [0.1, 0.15) is 12.0 Å². The molecule has 1 heterocycles. The largest absolute Gasteiger partial charge is 0.383 e. The number of thiophene rings is 1. The smallest absolute Gasteiger partial charge is 0.191 e. The van der Waals surface area contributed by atoms with Crippen LogP contribution in [-0.4, -0.2) is 58.3 Å². The van der Waals surface area contributed by atoms with Crippen molar-refractivity contribution in [1.82, 2.24) is 15.5 Å². The monoisotopic (exact) mass is 298 g/mol. The first-order valence-electron chi connectivity index (χ1n) is 6.89. The maximum atomic E-state index is 5.06. The summed E-state index contributed by atoms with van der Waals surface area (Å²) in [6, 6.07) is 2.12. The summed E-state index contributed by atoms with van der Waals surface area (Å²) in [5.41, 5.74) is 1.29. The first kappa shape index (κ1) is 16.9. The highest BCUT2D eigenvalue weighted by molar-refractivity contribution is 7.07. The summed E-state index contributed by atoms with van der Waals surface area (Å²) in [4.78, 5) is 6.49. The summed E-state index contributed by atoms with van der Waals surface area (Å²) < 4.78 is 5.06. The average molecular weight is 298 g/mol. The molecule has 0 atom stereocenters. The van der Waals surface area contributed by atoms with Crippen LogP contribution in [0, 0.1) is 0 Å². The van der Waals surface area contributed by atoms with Crippen LogP contribution in [0.2, 0.25) is 0 Å². The lowest BCUT2D eigenvalue weighted by Crippen LogP contribution is -2.38. The fourth-order valence-corrected chi connectivity index (χ4v) is 2.38. The minimum Gasteiger partial charge on any atom is -0.383 e. The Bertz CT molecular complexity index is 367. The minimum absolute atomic E-state index is 0.786. The summed E-state index contributed by atoms with van der Waals surface area (Å²) in [6.07, 6.45) is 1.08. The van der Waals surface area contributed by atoms with Crippen LogP contribution >= 0.6 is 11.3 Å². The summed E-state index contributed by atoms with van der Waals surface area (Å²) in [5, 5.41) is 10.9. The number of hydrogen-bond donors (Lipinski definition) is 2. The molecule has 0 aliphatic heterocycles. The molecular formula is C14H26N4OS. The van der Waals surface area contributed by atoms with Gasteiger partial charge >= 0.3 is 0 Å². The molecule has 6 heteroatoms. The Kier molecular flexibility index (Phi) is 9.02. The van der Waals surface area contributed by atoms with Crippen LogP contribution in [0.15, 0.2) is 21.8 Å². The number of likely N-dealkylation sites (N-methyl/N-ethyl adjacent to an activating group) is 1. The van der Waals surface area contributed by atoms with E-state index in [9.17, 15) is 0 Å². The van der Waals surface area contributed by atoms with Crippen molar-refractivity contribution < 1.29 is 4.74 Å². The number of hydrogen-bond acceptors (Lipinski definition) is 4. The Balaban J connectivity index is 2.09. The van der Waals surface area contributed by atoms with Gasteiger partial charge in [-0.1, -0.05) is 0 Å². The summed E-state index contributed by atoms with van der Waals surface area (Å²) in [6.45, 7) is 4.55.